The summed E-state index contributed by atoms with van der Waals surface area (Å²) in [6.07, 6.45) is -4.28. The molecule has 3 aliphatic heterocycles. The summed E-state index contributed by atoms with van der Waals surface area (Å²) in [5.74, 6) is 0.338. The van der Waals surface area contributed by atoms with E-state index in [2.05, 4.69) is 10.3 Å². The summed E-state index contributed by atoms with van der Waals surface area (Å²) in [5.41, 5.74) is 0.761. The molecule has 4 heterocycles. The first-order valence-electron chi connectivity index (χ1n) is 17.1. The van der Waals surface area contributed by atoms with Gasteiger partial charge in [0.15, 0.2) is 17.8 Å². The van der Waals surface area contributed by atoms with E-state index in [0.29, 0.717) is 35.1 Å². The minimum atomic E-state index is -4.15. The molecule has 260 valence electrons. The predicted octanol–water partition coefficient (Wildman–Crippen LogP) is 3.87. The molecule has 2 fully saturated rings. The molecule has 2 N–H and O–H groups in total. The second-order valence-corrected chi connectivity index (χ2v) is 15.2. The Kier molecular flexibility index (Phi) is 9.53. The van der Waals surface area contributed by atoms with Crippen LogP contribution in [0, 0.1) is 18.8 Å². The summed E-state index contributed by atoms with van der Waals surface area (Å²) in [7, 11) is -4.15. The highest BCUT2D eigenvalue weighted by molar-refractivity contribution is 7.89. The average Bonchev–Trinajstić information content (AvgIpc) is 3.88. The number of ether oxygens (including phenoxy) is 6. The van der Waals surface area contributed by atoms with E-state index in [0.717, 1.165) is 4.31 Å². The van der Waals surface area contributed by atoms with E-state index in [1.807, 2.05) is 13.8 Å². The first-order valence-corrected chi connectivity index (χ1v) is 18.0. The number of fused-ring (bicyclic) bond motifs is 2. The number of sulfonamides is 1. The Morgan fingerprint density at radius 2 is 1.98 bits per heavy atom. The third-order valence-corrected chi connectivity index (χ3v) is 10.6. The number of alkyl carbamates (subject to hydrolysis) is 1. The zero-order chi connectivity index (χ0) is 36.6. The maximum Gasteiger partial charge on any atom is 0.407 e. The van der Waals surface area contributed by atoms with Crippen LogP contribution in [0.25, 0.3) is 0 Å². The van der Waals surface area contributed by atoms with Crippen molar-refractivity contribution in [2.45, 2.75) is 69.6 Å². The molecule has 1 amide bonds. The molecule has 6 rings (SSSR count). The van der Waals surface area contributed by atoms with Gasteiger partial charge in [-0.2, -0.15) is 4.31 Å². The lowest BCUT2D eigenvalue weighted by atomic mass is 10.0. The SMILES string of the molecule is [2H]C([2H])(Oc1ccc(C[C@H](NC(=O)O[C@@]2([2H])CO[C@H]3OCC[C@H]32)[C@H](O)CN(CC(C)C)S(=O)(=O)c2ccc3c(c2)OCO3)cc1)c1csc(C)n1. The van der Waals surface area contributed by atoms with Crippen LogP contribution in [0.3, 0.4) is 0 Å². The van der Waals surface area contributed by atoms with Crippen molar-refractivity contribution in [3.8, 4) is 17.2 Å². The van der Waals surface area contributed by atoms with Gasteiger partial charge < -0.3 is 38.8 Å². The van der Waals surface area contributed by atoms with Gasteiger partial charge in [0, 0.05) is 24.5 Å². The molecule has 48 heavy (non-hydrogen) atoms. The summed E-state index contributed by atoms with van der Waals surface area (Å²) in [5, 5.41) is 16.7. The Labute approximate surface area is 288 Å². The Balaban J connectivity index is 1.22. The van der Waals surface area contributed by atoms with Crippen LogP contribution in [0.2, 0.25) is 0 Å². The molecule has 5 atom stereocenters. The number of hydrogen-bond acceptors (Lipinski definition) is 12. The molecule has 2 saturated heterocycles. The number of aromatic nitrogens is 1. The van der Waals surface area contributed by atoms with Crippen LogP contribution >= 0.6 is 11.3 Å². The molecule has 0 unspecified atom stereocenters. The van der Waals surface area contributed by atoms with E-state index in [1.165, 1.54) is 29.5 Å². The quantitative estimate of drug-likeness (QED) is 0.251. The number of aryl methyl sites for hydroxylation is 1. The van der Waals surface area contributed by atoms with Gasteiger partial charge in [0.05, 0.1) is 51.0 Å². The minimum Gasteiger partial charge on any atom is -0.487 e. The topological polar surface area (TPSA) is 155 Å². The van der Waals surface area contributed by atoms with Crippen LogP contribution in [0.5, 0.6) is 17.2 Å². The normalized spacial score (nSPS) is 24.1. The van der Waals surface area contributed by atoms with Crippen molar-refractivity contribution in [1.29, 1.82) is 0 Å². The summed E-state index contributed by atoms with van der Waals surface area (Å²) >= 11 is 1.31. The van der Waals surface area contributed by atoms with Crippen molar-refractivity contribution in [2.24, 2.45) is 11.8 Å². The highest BCUT2D eigenvalue weighted by Gasteiger charge is 2.44. The van der Waals surface area contributed by atoms with Crippen molar-refractivity contribution in [2.75, 3.05) is 33.1 Å². The zero-order valence-electron chi connectivity index (χ0n) is 29.8. The molecule has 0 spiro atoms. The van der Waals surface area contributed by atoms with Crippen LogP contribution in [-0.4, -0.2) is 86.5 Å². The van der Waals surface area contributed by atoms with Crippen LogP contribution in [-0.2, 0) is 37.2 Å². The Morgan fingerprint density at radius 3 is 2.73 bits per heavy atom. The second kappa shape index (κ2) is 15.0. The lowest BCUT2D eigenvalue weighted by molar-refractivity contribution is -0.0907. The molecular weight excluding hydrogens is 663 g/mol. The summed E-state index contributed by atoms with van der Waals surface area (Å²) in [6.45, 7) is 3.12. The van der Waals surface area contributed by atoms with Gasteiger partial charge in [-0.1, -0.05) is 26.0 Å². The van der Waals surface area contributed by atoms with Crippen molar-refractivity contribution >= 4 is 27.5 Å². The molecular formula is C33H41N3O10S2. The first kappa shape index (κ1) is 30.6. The maximum absolute atomic E-state index is 13.9. The molecule has 3 aliphatic rings. The third kappa shape index (κ3) is 8.21. The second-order valence-electron chi connectivity index (χ2n) is 12.2. The van der Waals surface area contributed by atoms with Crippen LogP contribution < -0.4 is 19.5 Å². The minimum absolute atomic E-state index is 0.0188. The number of amides is 1. The number of hydrogen-bond donors (Lipinski definition) is 2. The molecule has 15 heteroatoms. The number of aliphatic hydroxyl groups excluding tert-OH is 1. The molecule has 13 nitrogen and oxygen atoms in total. The van der Waals surface area contributed by atoms with Crippen LogP contribution in [0.1, 0.15) is 40.6 Å². The number of aliphatic hydroxyl groups is 1. The summed E-state index contributed by atoms with van der Waals surface area (Å²) < 4.78 is 87.4. The third-order valence-electron chi connectivity index (χ3n) is 8.05. The Morgan fingerprint density at radius 1 is 1.19 bits per heavy atom. The van der Waals surface area contributed by atoms with E-state index in [4.69, 9.17) is 32.5 Å². The number of benzene rings is 2. The standard InChI is InChI=1S/C33H41N3O10S2/c1-20(2)14-36(48(39,40)25-8-9-29-30(13-25)45-19-44-29)15-28(37)27(35-33(38)46-31-17-43-32-26(31)10-11-41-32)12-22-4-6-24(7-5-22)42-16-23-18-47-21(3)34-23/h4-9,13,18,20,26-28,31-32,37H,10-12,14-17,19H2,1-3H3,(H,35,38)/t26-,27-,28+,31-,32+/m0/s1/i16D2,31D. The average molecular weight is 707 g/mol. The first-order chi connectivity index (χ1) is 24.1. The number of carbonyl (C=O) groups is 1. The number of rotatable bonds is 14. The predicted molar refractivity (Wildman–Crippen MR) is 174 cm³/mol. The van der Waals surface area contributed by atoms with Crippen LogP contribution in [0.4, 0.5) is 4.79 Å². The van der Waals surface area contributed by atoms with Crippen molar-refractivity contribution in [3.63, 3.8) is 0 Å². The van der Waals surface area contributed by atoms with Gasteiger partial charge in [-0.15, -0.1) is 11.3 Å². The fraction of sp³-hybridized carbons (Fsp3) is 0.515. The number of nitrogens with zero attached hydrogens (tertiary/aromatic N) is 2. The van der Waals surface area contributed by atoms with E-state index in [1.54, 1.807) is 36.6 Å². The van der Waals surface area contributed by atoms with Gasteiger partial charge in [0.1, 0.15) is 18.4 Å². The van der Waals surface area contributed by atoms with E-state index >= 15 is 0 Å². The van der Waals surface area contributed by atoms with Crippen molar-refractivity contribution in [3.05, 3.63) is 64.1 Å². The van der Waals surface area contributed by atoms with E-state index < -0.39 is 53.1 Å². The Hall–Kier alpha value is -3.47. The smallest absolute Gasteiger partial charge is 0.407 e. The van der Waals surface area contributed by atoms with Crippen molar-refractivity contribution in [1.82, 2.24) is 14.6 Å². The van der Waals surface area contributed by atoms with E-state index in [-0.39, 0.29) is 55.2 Å². The lowest BCUT2D eigenvalue weighted by Crippen LogP contribution is -2.51. The Bertz CT molecular complexity index is 1810. The number of thiazole rings is 1. The highest BCUT2D eigenvalue weighted by atomic mass is 32.2. The summed E-state index contributed by atoms with van der Waals surface area (Å²) in [6, 6.07) is 9.62. The lowest BCUT2D eigenvalue weighted by Gasteiger charge is -2.31. The van der Waals surface area contributed by atoms with Crippen molar-refractivity contribution < 1.29 is 50.9 Å². The largest absolute Gasteiger partial charge is 0.487 e. The van der Waals surface area contributed by atoms with Crippen LogP contribution in [0.15, 0.2) is 52.7 Å². The highest BCUT2D eigenvalue weighted by Crippen LogP contribution is 2.35. The van der Waals surface area contributed by atoms with E-state index in [9.17, 15) is 18.3 Å². The monoisotopic (exact) mass is 706 g/mol. The van der Waals surface area contributed by atoms with Gasteiger partial charge in [0.2, 0.25) is 16.8 Å². The molecule has 0 aliphatic carbocycles. The molecule has 0 bridgehead atoms. The van der Waals surface area contributed by atoms with Gasteiger partial charge in [-0.05, 0) is 55.5 Å². The van der Waals surface area contributed by atoms with Gasteiger partial charge in [-0.3, -0.25) is 0 Å². The summed E-state index contributed by atoms with van der Waals surface area (Å²) in [4.78, 5) is 17.5. The maximum atomic E-state index is 13.9. The molecule has 1 aromatic heterocycles. The molecule has 0 saturated carbocycles. The van der Waals surface area contributed by atoms with Gasteiger partial charge in [0.25, 0.3) is 0 Å². The zero-order valence-corrected chi connectivity index (χ0v) is 28.4. The number of carbonyl (C=O) groups excluding carboxylic acids is 1. The van der Waals surface area contributed by atoms with Gasteiger partial charge >= 0.3 is 6.09 Å². The van der Waals surface area contributed by atoms with Gasteiger partial charge in [-0.25, -0.2) is 18.2 Å². The fourth-order valence-corrected chi connectivity index (χ4v) is 7.84. The molecule has 3 aromatic rings. The molecule has 2 aromatic carbocycles. The number of nitrogens with one attached hydrogen (secondary N) is 1. The molecule has 0 radical (unpaired) electrons. The fourth-order valence-electron chi connectivity index (χ4n) is 5.67.